The Labute approximate surface area is 142 Å². The number of para-hydroxylation sites is 1. The van der Waals surface area contributed by atoms with Crippen LogP contribution in [0.15, 0.2) is 53.1 Å². The highest BCUT2D eigenvalue weighted by atomic mass is 79.9. The van der Waals surface area contributed by atoms with E-state index < -0.39 is 5.82 Å². The number of rotatable bonds is 5. The van der Waals surface area contributed by atoms with Crippen molar-refractivity contribution < 1.29 is 9.18 Å². The molecular weight excluding hydrogens is 359 g/mol. The zero-order chi connectivity index (χ0) is 16.2. The van der Waals surface area contributed by atoms with Crippen LogP contribution in [0.5, 0.6) is 0 Å². The summed E-state index contributed by atoms with van der Waals surface area (Å²) in [6, 6.07) is 12.5. The van der Waals surface area contributed by atoms with Crippen molar-refractivity contribution in [2.45, 2.75) is 12.8 Å². The van der Waals surface area contributed by atoms with Crippen molar-refractivity contribution in [1.82, 2.24) is 10.3 Å². The standard InChI is InChI=1S/C18H16BrFN2O/c19-15-8-7-12(10-16(15)20)18(23)21-9-3-4-13-11-22-17-6-2-1-5-14(13)17/h1-2,5-8,10-11,22H,3-4,9H2,(H,21,23). The summed E-state index contributed by atoms with van der Waals surface area (Å²) in [5.41, 5.74) is 2.69. The molecule has 2 aromatic carbocycles. The molecule has 1 amide bonds. The Morgan fingerprint density at radius 3 is 2.87 bits per heavy atom. The first-order chi connectivity index (χ1) is 11.1. The lowest BCUT2D eigenvalue weighted by Crippen LogP contribution is -2.24. The zero-order valence-corrected chi connectivity index (χ0v) is 14.0. The molecule has 118 valence electrons. The van der Waals surface area contributed by atoms with E-state index >= 15 is 0 Å². The van der Waals surface area contributed by atoms with Crippen LogP contribution < -0.4 is 5.32 Å². The lowest BCUT2D eigenvalue weighted by molar-refractivity contribution is 0.0952. The van der Waals surface area contributed by atoms with E-state index in [0.29, 0.717) is 16.6 Å². The van der Waals surface area contributed by atoms with Gasteiger partial charge < -0.3 is 10.3 Å². The van der Waals surface area contributed by atoms with Gasteiger partial charge in [-0.05, 0) is 58.6 Å². The summed E-state index contributed by atoms with van der Waals surface area (Å²) in [5.74, 6) is -0.688. The first-order valence-corrected chi connectivity index (χ1v) is 8.22. The SMILES string of the molecule is O=C(NCCCc1c[nH]c2ccccc12)c1ccc(Br)c(F)c1. The molecule has 0 spiro atoms. The van der Waals surface area contributed by atoms with Gasteiger partial charge in [-0.15, -0.1) is 0 Å². The number of carbonyl (C=O) groups is 1. The Kier molecular flexibility index (Phi) is 4.76. The fraction of sp³-hybridized carbons (Fsp3) is 0.167. The summed E-state index contributed by atoms with van der Waals surface area (Å²) in [6.45, 7) is 0.552. The van der Waals surface area contributed by atoms with Gasteiger partial charge in [-0.3, -0.25) is 4.79 Å². The van der Waals surface area contributed by atoms with E-state index in [-0.39, 0.29) is 5.91 Å². The number of hydrogen-bond donors (Lipinski definition) is 2. The maximum atomic E-state index is 13.4. The van der Waals surface area contributed by atoms with Gasteiger partial charge in [-0.1, -0.05) is 18.2 Å². The van der Waals surface area contributed by atoms with Crippen LogP contribution in [-0.2, 0) is 6.42 Å². The molecule has 0 aliphatic carbocycles. The van der Waals surface area contributed by atoms with Crippen LogP contribution in [0.4, 0.5) is 4.39 Å². The average Bonchev–Trinajstić information content (AvgIpc) is 2.97. The van der Waals surface area contributed by atoms with E-state index in [9.17, 15) is 9.18 Å². The van der Waals surface area contributed by atoms with Gasteiger partial charge in [0.25, 0.3) is 5.91 Å². The smallest absolute Gasteiger partial charge is 0.251 e. The Bertz CT molecular complexity index is 844. The second-order valence-electron chi connectivity index (χ2n) is 5.35. The summed E-state index contributed by atoms with van der Waals surface area (Å²) in [6.07, 6.45) is 3.71. The van der Waals surface area contributed by atoms with Crippen molar-refractivity contribution in [3.05, 3.63) is 70.1 Å². The number of H-pyrrole nitrogens is 1. The minimum Gasteiger partial charge on any atom is -0.361 e. The van der Waals surface area contributed by atoms with Crippen molar-refractivity contribution in [3.63, 3.8) is 0 Å². The number of amides is 1. The predicted molar refractivity (Wildman–Crippen MR) is 93.1 cm³/mol. The lowest BCUT2D eigenvalue weighted by atomic mass is 10.1. The third kappa shape index (κ3) is 3.62. The summed E-state index contributed by atoms with van der Waals surface area (Å²) in [7, 11) is 0. The fourth-order valence-corrected chi connectivity index (χ4v) is 2.81. The normalized spacial score (nSPS) is 10.9. The molecule has 2 N–H and O–H groups in total. The van der Waals surface area contributed by atoms with Crippen LogP contribution in [0.25, 0.3) is 10.9 Å². The number of benzene rings is 2. The minimum absolute atomic E-state index is 0.254. The quantitative estimate of drug-likeness (QED) is 0.637. The van der Waals surface area contributed by atoms with E-state index in [2.05, 4.69) is 32.3 Å². The molecule has 0 aliphatic rings. The molecule has 0 fully saturated rings. The third-order valence-electron chi connectivity index (χ3n) is 3.77. The molecule has 1 heterocycles. The molecule has 0 aliphatic heterocycles. The number of aryl methyl sites for hydroxylation is 1. The fourth-order valence-electron chi connectivity index (χ4n) is 2.56. The number of fused-ring (bicyclic) bond motifs is 1. The van der Waals surface area contributed by atoms with E-state index in [1.54, 1.807) is 6.07 Å². The summed E-state index contributed by atoms with van der Waals surface area (Å²) in [5, 5.41) is 4.04. The van der Waals surface area contributed by atoms with E-state index in [4.69, 9.17) is 0 Å². The topological polar surface area (TPSA) is 44.9 Å². The molecule has 3 aromatic rings. The number of nitrogens with one attached hydrogen (secondary N) is 2. The van der Waals surface area contributed by atoms with E-state index in [1.807, 2.05) is 24.4 Å². The van der Waals surface area contributed by atoms with Crippen LogP contribution in [-0.4, -0.2) is 17.4 Å². The van der Waals surface area contributed by atoms with Crippen LogP contribution in [0.3, 0.4) is 0 Å². The maximum absolute atomic E-state index is 13.4. The van der Waals surface area contributed by atoms with Crippen LogP contribution in [0.2, 0.25) is 0 Å². The van der Waals surface area contributed by atoms with Gasteiger partial charge in [0.15, 0.2) is 0 Å². The van der Waals surface area contributed by atoms with Crippen molar-refractivity contribution in [1.29, 1.82) is 0 Å². The van der Waals surface area contributed by atoms with Gasteiger partial charge in [-0.2, -0.15) is 0 Å². The highest BCUT2D eigenvalue weighted by Crippen LogP contribution is 2.19. The summed E-state index contributed by atoms with van der Waals surface area (Å²) in [4.78, 5) is 15.2. The lowest BCUT2D eigenvalue weighted by Gasteiger charge is -2.06. The Balaban J connectivity index is 1.53. The Hall–Kier alpha value is -2.14. The number of hydrogen-bond acceptors (Lipinski definition) is 1. The van der Waals surface area contributed by atoms with Crippen molar-refractivity contribution in [3.8, 4) is 0 Å². The van der Waals surface area contributed by atoms with Crippen molar-refractivity contribution in [2.24, 2.45) is 0 Å². The molecule has 23 heavy (non-hydrogen) atoms. The monoisotopic (exact) mass is 374 g/mol. The molecule has 5 heteroatoms. The molecule has 0 saturated heterocycles. The second kappa shape index (κ2) is 6.96. The maximum Gasteiger partial charge on any atom is 0.251 e. The summed E-state index contributed by atoms with van der Waals surface area (Å²) < 4.78 is 13.8. The highest BCUT2D eigenvalue weighted by molar-refractivity contribution is 9.10. The minimum atomic E-state index is -0.434. The van der Waals surface area contributed by atoms with Gasteiger partial charge in [0.1, 0.15) is 5.82 Å². The van der Waals surface area contributed by atoms with Crippen LogP contribution in [0.1, 0.15) is 22.3 Å². The number of aromatic amines is 1. The number of carbonyl (C=O) groups excluding carboxylic acids is 1. The highest BCUT2D eigenvalue weighted by Gasteiger charge is 2.08. The van der Waals surface area contributed by atoms with Crippen molar-refractivity contribution >= 4 is 32.7 Å². The van der Waals surface area contributed by atoms with Gasteiger partial charge in [-0.25, -0.2) is 4.39 Å². The zero-order valence-electron chi connectivity index (χ0n) is 12.4. The molecule has 0 saturated carbocycles. The second-order valence-corrected chi connectivity index (χ2v) is 6.20. The van der Waals surface area contributed by atoms with Gasteiger partial charge >= 0.3 is 0 Å². The summed E-state index contributed by atoms with van der Waals surface area (Å²) >= 11 is 3.07. The Morgan fingerprint density at radius 2 is 2.04 bits per heavy atom. The average molecular weight is 375 g/mol. The molecule has 0 radical (unpaired) electrons. The molecule has 3 nitrogen and oxygen atoms in total. The first-order valence-electron chi connectivity index (χ1n) is 7.43. The van der Waals surface area contributed by atoms with E-state index in [0.717, 1.165) is 18.4 Å². The molecule has 0 atom stereocenters. The van der Waals surface area contributed by atoms with E-state index in [1.165, 1.54) is 23.1 Å². The third-order valence-corrected chi connectivity index (χ3v) is 4.41. The molecule has 0 bridgehead atoms. The predicted octanol–water partition coefficient (Wildman–Crippen LogP) is 4.43. The largest absolute Gasteiger partial charge is 0.361 e. The van der Waals surface area contributed by atoms with Gasteiger partial charge in [0, 0.05) is 29.2 Å². The number of halogens is 2. The van der Waals surface area contributed by atoms with Crippen LogP contribution >= 0.6 is 15.9 Å². The first kappa shape index (κ1) is 15.7. The molecule has 0 unspecified atom stereocenters. The van der Waals surface area contributed by atoms with Gasteiger partial charge in [0.2, 0.25) is 0 Å². The molecular formula is C18H16BrFN2O. The van der Waals surface area contributed by atoms with Crippen molar-refractivity contribution in [2.75, 3.05) is 6.54 Å². The number of aromatic nitrogens is 1. The van der Waals surface area contributed by atoms with Gasteiger partial charge in [0.05, 0.1) is 4.47 Å². The molecule has 3 rings (SSSR count). The molecule has 1 aromatic heterocycles. The Morgan fingerprint density at radius 1 is 1.22 bits per heavy atom. The van der Waals surface area contributed by atoms with Crippen LogP contribution in [0, 0.1) is 5.82 Å².